The van der Waals surface area contributed by atoms with E-state index >= 15 is 0 Å². The maximum Gasteiger partial charge on any atom is 0.303 e. The number of likely N-dealkylation sites (N-methyl/N-ethyl adjacent to an activating group) is 1. The molecular formula is C31H39NO7. The van der Waals surface area contributed by atoms with Gasteiger partial charge in [0.25, 0.3) is 0 Å². The van der Waals surface area contributed by atoms with Gasteiger partial charge in [-0.05, 0) is 61.6 Å². The Kier molecular flexibility index (Phi) is 8.75. The van der Waals surface area contributed by atoms with Crippen LogP contribution >= 0.6 is 0 Å². The summed E-state index contributed by atoms with van der Waals surface area (Å²) in [6.45, 7) is 10.9. The van der Waals surface area contributed by atoms with Gasteiger partial charge in [0.1, 0.15) is 18.1 Å². The molecule has 2 unspecified atom stereocenters. The van der Waals surface area contributed by atoms with E-state index in [2.05, 4.69) is 43.5 Å². The summed E-state index contributed by atoms with van der Waals surface area (Å²) in [4.78, 5) is 14.6. The largest absolute Gasteiger partial charge is 0.501 e. The number of esters is 1. The molecule has 2 aliphatic heterocycles. The van der Waals surface area contributed by atoms with E-state index < -0.39 is 6.10 Å². The highest BCUT2D eigenvalue weighted by atomic mass is 16.7. The minimum absolute atomic E-state index is 0.110. The topological polar surface area (TPSA) is 75.7 Å². The van der Waals surface area contributed by atoms with E-state index in [4.69, 9.17) is 28.4 Å². The summed E-state index contributed by atoms with van der Waals surface area (Å²) in [7, 11) is 6.84. The van der Waals surface area contributed by atoms with Gasteiger partial charge in [0.15, 0.2) is 11.5 Å². The molecule has 0 amide bonds. The SMILES string of the molecule is C=C(CC/C(=C/OC)OC)C(OC(C)=O)C1c2c(c(-c3ccc(C)c(C)c3)c3c(c2OC)OCO3)CCN1C. The zero-order chi connectivity index (χ0) is 28.3. The lowest BCUT2D eigenvalue weighted by Gasteiger charge is -2.41. The number of ether oxygens (including phenoxy) is 6. The molecule has 8 heteroatoms. The molecule has 0 saturated carbocycles. The molecule has 0 spiro atoms. The molecule has 2 aromatic rings. The van der Waals surface area contributed by atoms with Crippen LogP contribution in [-0.4, -0.2) is 58.7 Å². The van der Waals surface area contributed by atoms with Crippen LogP contribution in [-0.2, 0) is 25.4 Å². The number of methoxy groups -OCH3 is 3. The Hall–Kier alpha value is -3.65. The molecule has 0 aliphatic carbocycles. The van der Waals surface area contributed by atoms with Gasteiger partial charge in [-0.25, -0.2) is 0 Å². The van der Waals surface area contributed by atoms with Crippen molar-refractivity contribution >= 4 is 5.97 Å². The molecule has 2 aliphatic rings. The number of rotatable bonds is 10. The highest BCUT2D eigenvalue weighted by molar-refractivity contribution is 5.83. The van der Waals surface area contributed by atoms with Gasteiger partial charge in [-0.3, -0.25) is 9.69 Å². The zero-order valence-corrected chi connectivity index (χ0v) is 24.0. The number of aryl methyl sites for hydroxylation is 2. The van der Waals surface area contributed by atoms with E-state index in [1.807, 2.05) is 7.05 Å². The van der Waals surface area contributed by atoms with Crippen LogP contribution < -0.4 is 14.2 Å². The minimum Gasteiger partial charge on any atom is -0.501 e. The van der Waals surface area contributed by atoms with Gasteiger partial charge in [0.2, 0.25) is 12.5 Å². The van der Waals surface area contributed by atoms with Crippen molar-refractivity contribution in [3.05, 3.63) is 64.6 Å². The Bertz CT molecular complexity index is 1280. The van der Waals surface area contributed by atoms with Crippen LogP contribution in [0.5, 0.6) is 17.2 Å². The summed E-state index contributed by atoms with van der Waals surface area (Å²) in [5.74, 6) is 2.16. The highest BCUT2D eigenvalue weighted by Crippen LogP contribution is 2.56. The Morgan fingerprint density at radius 1 is 1.15 bits per heavy atom. The lowest BCUT2D eigenvalue weighted by atomic mass is 9.81. The number of benzene rings is 2. The van der Waals surface area contributed by atoms with Crippen LogP contribution in [0, 0.1) is 13.8 Å². The predicted octanol–water partition coefficient (Wildman–Crippen LogP) is 5.64. The summed E-state index contributed by atoms with van der Waals surface area (Å²) >= 11 is 0. The van der Waals surface area contributed by atoms with Crippen molar-refractivity contribution in [1.82, 2.24) is 4.90 Å². The molecule has 0 fully saturated rings. The summed E-state index contributed by atoms with van der Waals surface area (Å²) in [5.41, 5.74) is 7.26. The molecule has 0 saturated heterocycles. The fourth-order valence-corrected chi connectivity index (χ4v) is 5.49. The fourth-order valence-electron chi connectivity index (χ4n) is 5.49. The zero-order valence-electron chi connectivity index (χ0n) is 24.0. The first-order chi connectivity index (χ1) is 18.7. The number of fused-ring (bicyclic) bond motifs is 2. The van der Waals surface area contributed by atoms with Crippen molar-refractivity contribution in [3.8, 4) is 28.4 Å². The maximum atomic E-state index is 12.4. The predicted molar refractivity (Wildman–Crippen MR) is 149 cm³/mol. The van der Waals surface area contributed by atoms with E-state index in [1.165, 1.54) is 18.1 Å². The van der Waals surface area contributed by atoms with E-state index in [0.29, 0.717) is 35.8 Å². The second-order valence-electron chi connectivity index (χ2n) is 10.1. The molecule has 2 atom stereocenters. The van der Waals surface area contributed by atoms with Crippen LogP contribution in [0.2, 0.25) is 0 Å². The molecule has 39 heavy (non-hydrogen) atoms. The van der Waals surface area contributed by atoms with Crippen molar-refractivity contribution in [3.63, 3.8) is 0 Å². The van der Waals surface area contributed by atoms with Crippen LogP contribution in [0.25, 0.3) is 11.1 Å². The van der Waals surface area contributed by atoms with Gasteiger partial charge in [-0.15, -0.1) is 0 Å². The fraction of sp³-hybridized carbons (Fsp3) is 0.452. The Balaban J connectivity index is 1.89. The summed E-state index contributed by atoms with van der Waals surface area (Å²) in [6, 6.07) is 6.08. The first-order valence-corrected chi connectivity index (χ1v) is 13.1. The van der Waals surface area contributed by atoms with Crippen molar-refractivity contribution in [1.29, 1.82) is 0 Å². The second-order valence-corrected chi connectivity index (χ2v) is 10.1. The van der Waals surface area contributed by atoms with Crippen molar-refractivity contribution in [2.24, 2.45) is 0 Å². The Morgan fingerprint density at radius 2 is 1.90 bits per heavy atom. The van der Waals surface area contributed by atoms with Gasteiger partial charge in [-0.2, -0.15) is 0 Å². The first-order valence-electron chi connectivity index (χ1n) is 13.1. The van der Waals surface area contributed by atoms with E-state index in [9.17, 15) is 4.79 Å². The number of carbonyl (C=O) groups is 1. The highest BCUT2D eigenvalue weighted by Gasteiger charge is 2.42. The van der Waals surface area contributed by atoms with E-state index in [-0.39, 0.29) is 18.8 Å². The van der Waals surface area contributed by atoms with Crippen molar-refractivity contribution < 1.29 is 33.2 Å². The van der Waals surface area contributed by atoms with Gasteiger partial charge in [0.05, 0.1) is 27.4 Å². The molecule has 0 aromatic heterocycles. The van der Waals surface area contributed by atoms with Crippen molar-refractivity contribution in [2.75, 3.05) is 41.7 Å². The monoisotopic (exact) mass is 537 g/mol. The number of carbonyl (C=O) groups excluding carboxylic acids is 1. The molecule has 210 valence electrons. The number of hydrogen-bond donors (Lipinski definition) is 0. The minimum atomic E-state index is -0.630. The number of allylic oxidation sites excluding steroid dienone is 1. The number of hydrogen-bond acceptors (Lipinski definition) is 8. The van der Waals surface area contributed by atoms with Crippen molar-refractivity contribution in [2.45, 2.75) is 52.2 Å². The lowest BCUT2D eigenvalue weighted by Crippen LogP contribution is -2.42. The molecule has 2 heterocycles. The van der Waals surface area contributed by atoms with Gasteiger partial charge >= 0.3 is 5.97 Å². The average molecular weight is 538 g/mol. The molecule has 0 radical (unpaired) electrons. The molecule has 2 aromatic carbocycles. The van der Waals surface area contributed by atoms with E-state index in [1.54, 1.807) is 27.6 Å². The molecule has 4 rings (SSSR count). The van der Waals surface area contributed by atoms with Crippen LogP contribution in [0.4, 0.5) is 0 Å². The molecule has 8 nitrogen and oxygen atoms in total. The number of nitrogens with zero attached hydrogens (tertiary/aromatic N) is 1. The summed E-state index contributed by atoms with van der Waals surface area (Å²) < 4.78 is 34.6. The summed E-state index contributed by atoms with van der Waals surface area (Å²) in [6.07, 6.45) is 2.79. The lowest BCUT2D eigenvalue weighted by molar-refractivity contribution is -0.147. The molecular weight excluding hydrogens is 498 g/mol. The molecule has 0 bridgehead atoms. The smallest absolute Gasteiger partial charge is 0.303 e. The normalized spacial score (nSPS) is 17.3. The molecule has 0 N–H and O–H groups in total. The average Bonchev–Trinajstić information content (AvgIpc) is 3.39. The Labute approximate surface area is 231 Å². The quantitative estimate of drug-likeness (QED) is 0.219. The first kappa shape index (κ1) is 28.4. The van der Waals surface area contributed by atoms with Gasteiger partial charge < -0.3 is 28.4 Å². The van der Waals surface area contributed by atoms with Gasteiger partial charge in [-0.1, -0.05) is 24.8 Å². The Morgan fingerprint density at radius 3 is 2.54 bits per heavy atom. The third-order valence-corrected chi connectivity index (χ3v) is 7.59. The van der Waals surface area contributed by atoms with Crippen LogP contribution in [0.15, 0.2) is 42.4 Å². The third-order valence-electron chi connectivity index (χ3n) is 7.59. The summed E-state index contributed by atoms with van der Waals surface area (Å²) in [5, 5.41) is 0. The van der Waals surface area contributed by atoms with E-state index in [0.717, 1.165) is 40.8 Å². The third kappa shape index (κ3) is 5.57. The van der Waals surface area contributed by atoms with Crippen LogP contribution in [0.3, 0.4) is 0 Å². The van der Waals surface area contributed by atoms with Gasteiger partial charge in [0, 0.05) is 31.0 Å². The standard InChI is InChI=1S/C31H39NO7/c1-18-9-11-22(15-20(18)3)25-24-13-14-32(5)27(26(24)29(36-8)31-30(25)37-17-38-31)28(39-21(4)33)19(2)10-12-23(35-7)16-34-6/h9,11,15-16,27-28H,2,10,12-14,17H2,1,3-8H3/b23-16-. The second kappa shape index (κ2) is 12.0. The maximum absolute atomic E-state index is 12.4. The van der Waals surface area contributed by atoms with Crippen LogP contribution in [0.1, 0.15) is 48.1 Å².